The van der Waals surface area contributed by atoms with E-state index in [1.54, 1.807) is 0 Å². The number of rotatable bonds is 6. The Balaban J connectivity index is 1.90. The zero-order valence-corrected chi connectivity index (χ0v) is 10.6. The van der Waals surface area contributed by atoms with Gasteiger partial charge in [0.15, 0.2) is 0 Å². The Labute approximate surface area is 104 Å². The molecule has 0 atom stereocenters. The molecule has 0 aromatic heterocycles. The second-order valence-electron chi connectivity index (χ2n) is 4.60. The minimum absolute atomic E-state index is 1.14. The summed E-state index contributed by atoms with van der Waals surface area (Å²) in [6.07, 6.45) is 5.09. The van der Waals surface area contributed by atoms with Crippen LogP contribution in [0.15, 0.2) is 42.5 Å². The van der Waals surface area contributed by atoms with Crippen LogP contribution in [0.2, 0.25) is 0 Å². The first kappa shape index (κ1) is 12.1. The van der Waals surface area contributed by atoms with Gasteiger partial charge in [-0.15, -0.1) is 0 Å². The summed E-state index contributed by atoms with van der Waals surface area (Å²) in [5.74, 6) is 0. The van der Waals surface area contributed by atoms with E-state index in [4.69, 9.17) is 0 Å². The lowest BCUT2D eigenvalue weighted by molar-refractivity contribution is 0.642. The summed E-state index contributed by atoms with van der Waals surface area (Å²) in [7, 11) is 2.02. The van der Waals surface area contributed by atoms with Crippen LogP contribution in [0.5, 0.6) is 0 Å². The third-order valence-electron chi connectivity index (χ3n) is 3.21. The van der Waals surface area contributed by atoms with Gasteiger partial charge in [0.1, 0.15) is 0 Å². The standard InChI is InChI=1S/C16H21N/c1-17-12-6-2-3-7-14-10-11-15-8-4-5-9-16(15)13-14/h4-5,8-11,13,17H,2-3,6-7,12H2,1H3. The molecule has 2 rings (SSSR count). The number of hydrogen-bond acceptors (Lipinski definition) is 1. The molecule has 17 heavy (non-hydrogen) atoms. The van der Waals surface area contributed by atoms with Crippen LogP contribution in [0, 0.1) is 0 Å². The Morgan fingerprint density at radius 1 is 0.882 bits per heavy atom. The van der Waals surface area contributed by atoms with E-state index in [1.807, 2.05) is 7.05 Å². The highest BCUT2D eigenvalue weighted by molar-refractivity contribution is 5.82. The monoisotopic (exact) mass is 227 g/mol. The molecule has 0 aliphatic rings. The lowest BCUT2D eigenvalue weighted by Gasteiger charge is -2.04. The molecule has 1 nitrogen and oxygen atoms in total. The molecule has 0 unspecified atom stereocenters. The summed E-state index contributed by atoms with van der Waals surface area (Å²) in [6.45, 7) is 1.14. The zero-order chi connectivity index (χ0) is 11.9. The van der Waals surface area contributed by atoms with E-state index in [2.05, 4.69) is 47.8 Å². The molecular formula is C16H21N. The van der Waals surface area contributed by atoms with Gasteiger partial charge >= 0.3 is 0 Å². The fourth-order valence-electron chi connectivity index (χ4n) is 2.20. The van der Waals surface area contributed by atoms with Crippen LogP contribution >= 0.6 is 0 Å². The molecule has 0 saturated heterocycles. The van der Waals surface area contributed by atoms with Gasteiger partial charge in [-0.3, -0.25) is 0 Å². The van der Waals surface area contributed by atoms with Gasteiger partial charge in [0.25, 0.3) is 0 Å². The highest BCUT2D eigenvalue weighted by atomic mass is 14.8. The average molecular weight is 227 g/mol. The van der Waals surface area contributed by atoms with Gasteiger partial charge in [0, 0.05) is 0 Å². The molecule has 0 saturated carbocycles. The Kier molecular flexibility index (Phi) is 4.57. The van der Waals surface area contributed by atoms with E-state index in [1.165, 1.54) is 42.0 Å². The fraction of sp³-hybridized carbons (Fsp3) is 0.375. The van der Waals surface area contributed by atoms with Gasteiger partial charge < -0.3 is 5.32 Å². The first-order valence-corrected chi connectivity index (χ1v) is 6.52. The van der Waals surface area contributed by atoms with E-state index >= 15 is 0 Å². The smallest absolute Gasteiger partial charge is 0.00519 e. The summed E-state index contributed by atoms with van der Waals surface area (Å²) in [5.41, 5.74) is 1.47. The predicted molar refractivity (Wildman–Crippen MR) is 75.4 cm³/mol. The number of hydrogen-bond donors (Lipinski definition) is 1. The van der Waals surface area contributed by atoms with E-state index in [-0.39, 0.29) is 0 Å². The maximum atomic E-state index is 3.19. The Hall–Kier alpha value is -1.34. The maximum absolute atomic E-state index is 3.19. The molecule has 0 aliphatic carbocycles. The van der Waals surface area contributed by atoms with Gasteiger partial charge in [-0.2, -0.15) is 0 Å². The molecule has 0 spiro atoms. The van der Waals surface area contributed by atoms with Crippen molar-refractivity contribution >= 4 is 10.8 Å². The molecule has 0 amide bonds. The van der Waals surface area contributed by atoms with Crippen LogP contribution < -0.4 is 5.32 Å². The third-order valence-corrected chi connectivity index (χ3v) is 3.21. The van der Waals surface area contributed by atoms with Crippen LogP contribution in [0.25, 0.3) is 10.8 Å². The molecular weight excluding hydrogens is 206 g/mol. The number of nitrogens with one attached hydrogen (secondary N) is 1. The fourth-order valence-corrected chi connectivity index (χ4v) is 2.20. The lowest BCUT2D eigenvalue weighted by atomic mass is 10.0. The van der Waals surface area contributed by atoms with Crippen molar-refractivity contribution in [2.24, 2.45) is 0 Å². The first-order valence-electron chi connectivity index (χ1n) is 6.52. The molecule has 0 aliphatic heterocycles. The van der Waals surface area contributed by atoms with Crippen molar-refractivity contribution in [3.8, 4) is 0 Å². The Morgan fingerprint density at radius 2 is 1.71 bits per heavy atom. The molecule has 90 valence electrons. The molecule has 0 heterocycles. The van der Waals surface area contributed by atoms with Crippen LogP contribution in [-0.4, -0.2) is 13.6 Å². The molecule has 0 radical (unpaired) electrons. The summed E-state index contributed by atoms with van der Waals surface area (Å²) in [4.78, 5) is 0. The van der Waals surface area contributed by atoms with Crippen LogP contribution in [-0.2, 0) is 6.42 Å². The normalized spacial score (nSPS) is 10.9. The van der Waals surface area contributed by atoms with Gasteiger partial charge in [0.05, 0.1) is 0 Å². The molecule has 1 heteroatoms. The highest BCUT2D eigenvalue weighted by Gasteiger charge is 1.96. The number of unbranched alkanes of at least 4 members (excludes halogenated alkanes) is 2. The minimum atomic E-state index is 1.14. The van der Waals surface area contributed by atoms with Gasteiger partial charge in [-0.25, -0.2) is 0 Å². The maximum Gasteiger partial charge on any atom is -0.00519 e. The Bertz CT molecular complexity index is 462. The number of fused-ring (bicyclic) bond motifs is 1. The second kappa shape index (κ2) is 6.41. The summed E-state index contributed by atoms with van der Waals surface area (Å²) >= 11 is 0. The summed E-state index contributed by atoms with van der Waals surface area (Å²) in [6, 6.07) is 15.4. The van der Waals surface area contributed by atoms with Crippen LogP contribution in [0.1, 0.15) is 24.8 Å². The largest absolute Gasteiger partial charge is 0.320 e. The topological polar surface area (TPSA) is 12.0 Å². The predicted octanol–water partition coefficient (Wildman–Crippen LogP) is 3.77. The van der Waals surface area contributed by atoms with Crippen molar-refractivity contribution in [2.45, 2.75) is 25.7 Å². The van der Waals surface area contributed by atoms with Gasteiger partial charge in [0.2, 0.25) is 0 Å². The molecule has 1 N–H and O–H groups in total. The van der Waals surface area contributed by atoms with E-state index in [9.17, 15) is 0 Å². The molecule has 0 fully saturated rings. The van der Waals surface area contributed by atoms with Gasteiger partial charge in [-0.1, -0.05) is 48.9 Å². The van der Waals surface area contributed by atoms with E-state index < -0.39 is 0 Å². The van der Waals surface area contributed by atoms with Crippen molar-refractivity contribution < 1.29 is 0 Å². The van der Waals surface area contributed by atoms with Gasteiger partial charge in [-0.05, 0) is 49.2 Å². The van der Waals surface area contributed by atoms with E-state index in [0.717, 1.165) is 6.54 Å². The van der Waals surface area contributed by atoms with E-state index in [0.29, 0.717) is 0 Å². The lowest BCUT2D eigenvalue weighted by Crippen LogP contribution is -2.07. The minimum Gasteiger partial charge on any atom is -0.320 e. The quantitative estimate of drug-likeness (QED) is 0.741. The summed E-state index contributed by atoms with van der Waals surface area (Å²) < 4.78 is 0. The number of aryl methyl sites for hydroxylation is 1. The molecule has 2 aromatic rings. The first-order chi connectivity index (χ1) is 8.40. The van der Waals surface area contributed by atoms with Crippen LogP contribution in [0.4, 0.5) is 0 Å². The van der Waals surface area contributed by atoms with Crippen LogP contribution in [0.3, 0.4) is 0 Å². The Morgan fingerprint density at radius 3 is 2.53 bits per heavy atom. The van der Waals surface area contributed by atoms with Crippen molar-refractivity contribution in [1.82, 2.24) is 5.32 Å². The average Bonchev–Trinajstić information content (AvgIpc) is 2.38. The zero-order valence-electron chi connectivity index (χ0n) is 10.6. The van der Waals surface area contributed by atoms with Crippen molar-refractivity contribution in [3.63, 3.8) is 0 Å². The van der Waals surface area contributed by atoms with Crippen molar-refractivity contribution in [1.29, 1.82) is 0 Å². The third kappa shape index (κ3) is 3.57. The SMILES string of the molecule is CNCCCCCc1ccc2ccccc2c1. The van der Waals surface area contributed by atoms with Crippen molar-refractivity contribution in [3.05, 3.63) is 48.0 Å². The second-order valence-corrected chi connectivity index (χ2v) is 4.60. The van der Waals surface area contributed by atoms with Crippen molar-refractivity contribution in [2.75, 3.05) is 13.6 Å². The molecule has 0 bridgehead atoms. The number of benzene rings is 2. The summed E-state index contributed by atoms with van der Waals surface area (Å²) in [5, 5.41) is 5.89. The molecule has 2 aromatic carbocycles. The highest BCUT2D eigenvalue weighted by Crippen LogP contribution is 2.17.